The fraction of sp³-hybridized carbons (Fsp3) is 0.450. The third kappa shape index (κ3) is 7.32. The first-order chi connectivity index (χ1) is 12.5. The van der Waals surface area contributed by atoms with E-state index in [0.29, 0.717) is 13.1 Å². The summed E-state index contributed by atoms with van der Waals surface area (Å²) in [6.45, 7) is 9.93. The average Bonchev–Trinajstić information content (AvgIpc) is 2.95. The minimum atomic E-state index is -0.0481. The first-order valence-corrected chi connectivity index (χ1v) is 8.91. The van der Waals surface area contributed by atoms with Crippen LogP contribution in [0.4, 0.5) is 0 Å². The zero-order valence-electron chi connectivity index (χ0n) is 16.7. The summed E-state index contributed by atoms with van der Waals surface area (Å²) < 4.78 is 16.8. The van der Waals surface area contributed by atoms with E-state index < -0.39 is 0 Å². The number of guanidine groups is 1. The van der Waals surface area contributed by atoms with Gasteiger partial charge < -0.3 is 24.5 Å². The smallest absolute Gasteiger partial charge is 0.191 e. The first kappa shape index (κ1) is 23.1. The Bertz CT molecular complexity index is 731. The van der Waals surface area contributed by atoms with Crippen molar-refractivity contribution in [2.24, 2.45) is 4.99 Å². The molecule has 0 amide bonds. The molecule has 0 aliphatic carbocycles. The number of methoxy groups -OCH3 is 1. The fourth-order valence-corrected chi connectivity index (χ4v) is 2.56. The number of aryl methyl sites for hydroxylation is 2. The van der Waals surface area contributed by atoms with E-state index in [1.807, 2.05) is 58.0 Å². The summed E-state index contributed by atoms with van der Waals surface area (Å²) >= 11 is 0. The van der Waals surface area contributed by atoms with Crippen LogP contribution < -0.4 is 20.1 Å². The third-order valence-electron chi connectivity index (χ3n) is 3.85. The molecule has 0 fully saturated rings. The molecule has 27 heavy (non-hydrogen) atoms. The zero-order chi connectivity index (χ0) is 18.9. The first-order valence-electron chi connectivity index (χ1n) is 8.91. The molecule has 0 bridgehead atoms. The lowest BCUT2D eigenvalue weighted by atomic mass is 10.2. The molecular formula is C20H30IN3O3. The topological polar surface area (TPSA) is 68.0 Å². The van der Waals surface area contributed by atoms with Crippen molar-refractivity contribution in [3.05, 3.63) is 47.4 Å². The quantitative estimate of drug-likeness (QED) is 0.334. The van der Waals surface area contributed by atoms with Gasteiger partial charge in [-0.05, 0) is 45.9 Å². The lowest BCUT2D eigenvalue weighted by molar-refractivity contribution is 0.213. The predicted octanol–water partition coefficient (Wildman–Crippen LogP) is 4.05. The molecule has 2 rings (SSSR count). The summed E-state index contributed by atoms with van der Waals surface area (Å²) in [5, 5.41) is 6.57. The highest BCUT2D eigenvalue weighted by atomic mass is 127. The summed E-state index contributed by atoms with van der Waals surface area (Å²) in [5.74, 6) is 4.03. The van der Waals surface area contributed by atoms with Crippen LogP contribution in [0.2, 0.25) is 0 Å². The van der Waals surface area contributed by atoms with E-state index in [0.717, 1.165) is 41.1 Å². The number of para-hydroxylation sites is 2. The largest absolute Gasteiger partial charge is 0.493 e. The van der Waals surface area contributed by atoms with Gasteiger partial charge in [-0.2, -0.15) is 0 Å². The Kier molecular flexibility index (Phi) is 10.1. The standard InChI is InChI=1S/C20H29N3O3.HI/c1-6-21-20(23-13-17-11-14(2)25-16(17)4)22-12-15(3)26-19-10-8-7-9-18(19)24-5;/h7-11,15H,6,12-13H2,1-5H3,(H2,21,22,23);1H. The van der Waals surface area contributed by atoms with Crippen molar-refractivity contribution in [1.82, 2.24) is 10.6 Å². The van der Waals surface area contributed by atoms with Gasteiger partial charge in [0.15, 0.2) is 17.5 Å². The van der Waals surface area contributed by atoms with Gasteiger partial charge in [-0.15, -0.1) is 24.0 Å². The molecule has 1 aromatic heterocycles. The van der Waals surface area contributed by atoms with E-state index in [1.54, 1.807) is 7.11 Å². The minimum absolute atomic E-state index is 0. The third-order valence-corrected chi connectivity index (χ3v) is 3.85. The van der Waals surface area contributed by atoms with Crippen LogP contribution in [0.25, 0.3) is 0 Å². The highest BCUT2D eigenvalue weighted by Gasteiger charge is 2.10. The van der Waals surface area contributed by atoms with E-state index in [2.05, 4.69) is 15.6 Å². The van der Waals surface area contributed by atoms with Crippen molar-refractivity contribution in [2.75, 3.05) is 20.2 Å². The van der Waals surface area contributed by atoms with Crippen LogP contribution in [0.5, 0.6) is 11.5 Å². The van der Waals surface area contributed by atoms with Crippen LogP contribution in [0.1, 0.15) is 30.9 Å². The van der Waals surface area contributed by atoms with Crippen molar-refractivity contribution < 1.29 is 13.9 Å². The molecule has 2 N–H and O–H groups in total. The molecule has 0 aliphatic heterocycles. The number of ether oxygens (including phenoxy) is 2. The average molecular weight is 487 g/mol. The number of benzene rings is 1. The lowest BCUT2D eigenvalue weighted by Gasteiger charge is -2.19. The molecular weight excluding hydrogens is 457 g/mol. The normalized spacial score (nSPS) is 12.1. The molecule has 0 radical (unpaired) electrons. The van der Waals surface area contributed by atoms with Crippen molar-refractivity contribution in [2.45, 2.75) is 40.3 Å². The van der Waals surface area contributed by atoms with E-state index in [-0.39, 0.29) is 30.1 Å². The number of nitrogens with one attached hydrogen (secondary N) is 2. The Morgan fingerprint density at radius 1 is 1.19 bits per heavy atom. The molecule has 2 aromatic rings. The van der Waals surface area contributed by atoms with Gasteiger partial charge in [-0.3, -0.25) is 0 Å². The maximum Gasteiger partial charge on any atom is 0.191 e. The van der Waals surface area contributed by atoms with E-state index in [9.17, 15) is 0 Å². The number of hydrogen-bond donors (Lipinski definition) is 2. The van der Waals surface area contributed by atoms with Gasteiger partial charge in [0.25, 0.3) is 0 Å². The van der Waals surface area contributed by atoms with E-state index in [4.69, 9.17) is 13.9 Å². The highest BCUT2D eigenvalue weighted by molar-refractivity contribution is 14.0. The van der Waals surface area contributed by atoms with Gasteiger partial charge in [-0.25, -0.2) is 4.99 Å². The minimum Gasteiger partial charge on any atom is -0.493 e. The summed E-state index contributed by atoms with van der Waals surface area (Å²) in [6, 6.07) is 9.66. The van der Waals surface area contributed by atoms with Gasteiger partial charge in [0.05, 0.1) is 20.2 Å². The fourth-order valence-electron chi connectivity index (χ4n) is 2.56. The SMILES string of the molecule is CCNC(=NCc1cc(C)oc1C)NCC(C)Oc1ccccc1OC.I. The molecule has 1 atom stereocenters. The molecule has 0 saturated carbocycles. The Morgan fingerprint density at radius 3 is 2.48 bits per heavy atom. The van der Waals surface area contributed by atoms with Crippen LogP contribution in [0.15, 0.2) is 39.7 Å². The second-order valence-corrected chi connectivity index (χ2v) is 6.09. The van der Waals surface area contributed by atoms with E-state index >= 15 is 0 Å². The number of rotatable bonds is 8. The van der Waals surface area contributed by atoms with Crippen LogP contribution in [-0.4, -0.2) is 32.3 Å². The Hall–Kier alpha value is -1.90. The second kappa shape index (κ2) is 11.7. The summed E-state index contributed by atoms with van der Waals surface area (Å²) in [6.07, 6.45) is -0.0481. The van der Waals surface area contributed by atoms with Crippen molar-refractivity contribution in [3.63, 3.8) is 0 Å². The zero-order valence-corrected chi connectivity index (χ0v) is 19.0. The van der Waals surface area contributed by atoms with Crippen LogP contribution in [0, 0.1) is 13.8 Å². The predicted molar refractivity (Wildman–Crippen MR) is 119 cm³/mol. The van der Waals surface area contributed by atoms with E-state index in [1.165, 1.54) is 0 Å². The van der Waals surface area contributed by atoms with Crippen molar-refractivity contribution in [3.8, 4) is 11.5 Å². The second-order valence-electron chi connectivity index (χ2n) is 6.09. The summed E-state index contributed by atoms with van der Waals surface area (Å²) in [7, 11) is 1.64. The number of aliphatic imine (C=N–C) groups is 1. The number of furan rings is 1. The molecule has 1 aromatic carbocycles. The molecule has 0 saturated heterocycles. The van der Waals surface area contributed by atoms with Crippen molar-refractivity contribution in [1.29, 1.82) is 0 Å². The Morgan fingerprint density at radius 2 is 1.89 bits per heavy atom. The summed E-state index contributed by atoms with van der Waals surface area (Å²) in [5.41, 5.74) is 1.10. The molecule has 150 valence electrons. The molecule has 1 unspecified atom stereocenters. The van der Waals surface area contributed by atoms with Crippen LogP contribution >= 0.6 is 24.0 Å². The van der Waals surface area contributed by atoms with Gasteiger partial charge in [0.1, 0.15) is 17.6 Å². The number of halogens is 1. The van der Waals surface area contributed by atoms with Gasteiger partial charge in [0.2, 0.25) is 0 Å². The van der Waals surface area contributed by atoms with Gasteiger partial charge in [-0.1, -0.05) is 12.1 Å². The summed E-state index contributed by atoms with van der Waals surface area (Å²) in [4.78, 5) is 4.62. The maximum absolute atomic E-state index is 5.96. The molecule has 7 heteroatoms. The Balaban J connectivity index is 0.00000364. The van der Waals surface area contributed by atoms with Gasteiger partial charge in [0, 0.05) is 12.1 Å². The maximum atomic E-state index is 5.96. The molecule has 0 spiro atoms. The van der Waals surface area contributed by atoms with Crippen molar-refractivity contribution >= 4 is 29.9 Å². The highest BCUT2D eigenvalue weighted by Crippen LogP contribution is 2.26. The number of nitrogens with zero attached hydrogens (tertiary/aromatic N) is 1. The Labute approximate surface area is 178 Å². The van der Waals surface area contributed by atoms with Crippen LogP contribution in [0.3, 0.4) is 0 Å². The molecule has 0 aliphatic rings. The lowest BCUT2D eigenvalue weighted by Crippen LogP contribution is -2.41. The van der Waals surface area contributed by atoms with Crippen LogP contribution in [-0.2, 0) is 6.54 Å². The molecule has 6 nitrogen and oxygen atoms in total. The van der Waals surface area contributed by atoms with Gasteiger partial charge >= 0.3 is 0 Å². The molecule has 1 heterocycles. The monoisotopic (exact) mass is 487 g/mol. The number of hydrogen-bond acceptors (Lipinski definition) is 4.